The largest absolute Gasteiger partial charge is 0.399 e. The van der Waals surface area contributed by atoms with Crippen LogP contribution in [0.25, 0.3) is 11.3 Å². The number of nitrogen functional groups attached to an aromatic ring is 1. The van der Waals surface area contributed by atoms with Crippen molar-refractivity contribution in [2.24, 2.45) is 5.10 Å². The second kappa shape index (κ2) is 7.00. The Hall–Kier alpha value is -3.41. The van der Waals surface area contributed by atoms with Crippen LogP contribution < -0.4 is 11.2 Å². The Morgan fingerprint density at radius 1 is 1.12 bits per heavy atom. The topological polar surface area (TPSA) is 96.2 Å². The van der Waals surface area contributed by atoms with E-state index in [2.05, 4.69) is 20.7 Å². The van der Waals surface area contributed by atoms with Gasteiger partial charge in [-0.3, -0.25) is 9.89 Å². The van der Waals surface area contributed by atoms with Gasteiger partial charge in [0.2, 0.25) is 0 Å². The molecule has 0 aliphatic carbocycles. The molecule has 0 saturated carbocycles. The molecule has 1 aromatic heterocycles. The number of hydrazone groups is 1. The number of benzene rings is 2. The maximum atomic E-state index is 12.2. The SMILES string of the molecule is C/C(=N\NC(=O)c1cc(-c2ccc(C)cc2)n[nH]1)c1ccc(N)cc1. The van der Waals surface area contributed by atoms with Crippen molar-refractivity contribution in [2.75, 3.05) is 5.73 Å². The van der Waals surface area contributed by atoms with E-state index in [0.29, 0.717) is 22.8 Å². The van der Waals surface area contributed by atoms with Gasteiger partial charge in [-0.1, -0.05) is 42.0 Å². The van der Waals surface area contributed by atoms with E-state index in [1.807, 2.05) is 50.2 Å². The number of carbonyl (C=O) groups is 1. The van der Waals surface area contributed by atoms with Gasteiger partial charge < -0.3 is 5.73 Å². The average Bonchev–Trinajstić information content (AvgIpc) is 3.11. The molecule has 0 aliphatic rings. The Labute approximate surface area is 145 Å². The van der Waals surface area contributed by atoms with Crippen molar-refractivity contribution in [1.82, 2.24) is 15.6 Å². The third-order valence-corrected chi connectivity index (χ3v) is 3.82. The number of anilines is 1. The van der Waals surface area contributed by atoms with Crippen LogP contribution in [0.1, 0.15) is 28.5 Å². The van der Waals surface area contributed by atoms with Crippen LogP contribution in [0.2, 0.25) is 0 Å². The molecule has 0 spiro atoms. The van der Waals surface area contributed by atoms with Gasteiger partial charge in [-0.2, -0.15) is 10.2 Å². The third kappa shape index (κ3) is 3.92. The highest BCUT2D eigenvalue weighted by atomic mass is 16.2. The summed E-state index contributed by atoms with van der Waals surface area (Å²) in [6.45, 7) is 3.84. The van der Waals surface area contributed by atoms with Gasteiger partial charge in [-0.25, -0.2) is 5.43 Å². The minimum atomic E-state index is -0.347. The van der Waals surface area contributed by atoms with Crippen LogP contribution >= 0.6 is 0 Å². The molecule has 2 aromatic carbocycles. The van der Waals surface area contributed by atoms with Crippen LogP contribution in [0, 0.1) is 6.92 Å². The van der Waals surface area contributed by atoms with Crippen LogP contribution in [-0.2, 0) is 0 Å². The van der Waals surface area contributed by atoms with E-state index in [9.17, 15) is 4.79 Å². The molecule has 6 nitrogen and oxygen atoms in total. The number of hydrogen-bond donors (Lipinski definition) is 3. The van der Waals surface area contributed by atoms with Crippen molar-refractivity contribution in [3.8, 4) is 11.3 Å². The molecule has 126 valence electrons. The minimum Gasteiger partial charge on any atom is -0.399 e. The number of nitrogens with zero attached hydrogens (tertiary/aromatic N) is 2. The molecule has 0 atom stereocenters. The number of aromatic nitrogens is 2. The first-order valence-electron chi connectivity index (χ1n) is 7.86. The van der Waals surface area contributed by atoms with Crippen molar-refractivity contribution < 1.29 is 4.79 Å². The fourth-order valence-electron chi connectivity index (χ4n) is 2.29. The number of hydrogen-bond acceptors (Lipinski definition) is 4. The summed E-state index contributed by atoms with van der Waals surface area (Å²) < 4.78 is 0. The maximum absolute atomic E-state index is 12.2. The second-order valence-corrected chi connectivity index (χ2v) is 5.79. The summed E-state index contributed by atoms with van der Waals surface area (Å²) in [7, 11) is 0. The van der Waals surface area contributed by atoms with E-state index in [-0.39, 0.29) is 5.91 Å². The third-order valence-electron chi connectivity index (χ3n) is 3.82. The number of H-pyrrole nitrogens is 1. The second-order valence-electron chi connectivity index (χ2n) is 5.79. The molecular formula is C19H19N5O. The minimum absolute atomic E-state index is 0.347. The first kappa shape index (κ1) is 16.4. The zero-order valence-electron chi connectivity index (χ0n) is 14.1. The molecule has 0 radical (unpaired) electrons. The zero-order valence-corrected chi connectivity index (χ0v) is 14.1. The first-order valence-corrected chi connectivity index (χ1v) is 7.86. The molecule has 6 heteroatoms. The van der Waals surface area contributed by atoms with Gasteiger partial charge in [0.15, 0.2) is 0 Å². The van der Waals surface area contributed by atoms with E-state index in [0.717, 1.165) is 11.1 Å². The lowest BCUT2D eigenvalue weighted by Crippen LogP contribution is -2.19. The molecule has 3 rings (SSSR count). The molecule has 0 unspecified atom stereocenters. The van der Waals surface area contributed by atoms with E-state index in [4.69, 9.17) is 5.73 Å². The van der Waals surface area contributed by atoms with Gasteiger partial charge in [0.05, 0.1) is 11.4 Å². The summed E-state index contributed by atoms with van der Waals surface area (Å²) in [5.41, 5.74) is 13.6. The Kier molecular flexibility index (Phi) is 4.61. The van der Waals surface area contributed by atoms with Crippen LogP contribution in [0.5, 0.6) is 0 Å². The fraction of sp³-hybridized carbons (Fsp3) is 0.105. The molecule has 25 heavy (non-hydrogen) atoms. The van der Waals surface area contributed by atoms with E-state index >= 15 is 0 Å². The first-order chi connectivity index (χ1) is 12.0. The van der Waals surface area contributed by atoms with E-state index in [1.54, 1.807) is 18.2 Å². The number of nitrogens with one attached hydrogen (secondary N) is 2. The highest BCUT2D eigenvalue weighted by molar-refractivity contribution is 6.00. The smallest absolute Gasteiger partial charge is 0.289 e. The molecule has 3 aromatic rings. The van der Waals surface area contributed by atoms with Gasteiger partial charge in [0.25, 0.3) is 5.91 Å². The lowest BCUT2D eigenvalue weighted by atomic mass is 10.1. The number of rotatable bonds is 4. The number of carbonyl (C=O) groups excluding carboxylic acids is 1. The Balaban J connectivity index is 1.70. The quantitative estimate of drug-likeness (QED) is 0.389. The predicted octanol–water partition coefficient (Wildman–Crippen LogP) is 3.12. The van der Waals surface area contributed by atoms with Crippen LogP contribution in [0.15, 0.2) is 59.7 Å². The lowest BCUT2D eigenvalue weighted by molar-refractivity contribution is 0.0950. The van der Waals surface area contributed by atoms with Crippen LogP contribution in [0.3, 0.4) is 0 Å². The molecule has 1 heterocycles. The lowest BCUT2D eigenvalue weighted by Gasteiger charge is -2.02. The number of aryl methyl sites for hydroxylation is 1. The van der Waals surface area contributed by atoms with Gasteiger partial charge in [0, 0.05) is 11.3 Å². The van der Waals surface area contributed by atoms with E-state index in [1.165, 1.54) is 5.56 Å². The Morgan fingerprint density at radius 2 is 1.80 bits per heavy atom. The number of amides is 1. The van der Waals surface area contributed by atoms with Crippen LogP contribution in [-0.4, -0.2) is 21.8 Å². The predicted molar refractivity (Wildman–Crippen MR) is 99.3 cm³/mol. The number of aromatic amines is 1. The zero-order chi connectivity index (χ0) is 17.8. The number of nitrogens with two attached hydrogens (primary N) is 1. The molecular weight excluding hydrogens is 314 g/mol. The normalized spacial score (nSPS) is 11.4. The summed E-state index contributed by atoms with van der Waals surface area (Å²) in [6, 6.07) is 16.9. The van der Waals surface area contributed by atoms with Crippen molar-refractivity contribution >= 4 is 17.3 Å². The summed E-state index contributed by atoms with van der Waals surface area (Å²) in [4.78, 5) is 12.2. The van der Waals surface area contributed by atoms with Gasteiger partial charge in [-0.15, -0.1) is 0 Å². The average molecular weight is 333 g/mol. The molecule has 0 fully saturated rings. The molecule has 4 N–H and O–H groups in total. The monoisotopic (exact) mass is 333 g/mol. The molecule has 1 amide bonds. The van der Waals surface area contributed by atoms with Crippen LogP contribution in [0.4, 0.5) is 5.69 Å². The Morgan fingerprint density at radius 3 is 2.48 bits per heavy atom. The maximum Gasteiger partial charge on any atom is 0.289 e. The summed E-state index contributed by atoms with van der Waals surface area (Å²) in [6.07, 6.45) is 0. The van der Waals surface area contributed by atoms with Gasteiger partial charge >= 0.3 is 0 Å². The summed E-state index contributed by atoms with van der Waals surface area (Å²) in [5.74, 6) is -0.347. The van der Waals surface area contributed by atoms with Crippen molar-refractivity contribution in [2.45, 2.75) is 13.8 Å². The van der Waals surface area contributed by atoms with Crippen molar-refractivity contribution in [3.63, 3.8) is 0 Å². The molecule has 0 saturated heterocycles. The highest BCUT2D eigenvalue weighted by Crippen LogP contribution is 2.18. The standard InChI is InChI=1S/C19H19N5O/c1-12-3-5-15(6-4-12)17-11-18(23-22-17)19(25)24-21-13(2)14-7-9-16(20)10-8-14/h3-11H,20H2,1-2H3,(H,22,23)(H,24,25)/b21-13+. The van der Waals surface area contributed by atoms with Crippen molar-refractivity contribution in [3.05, 3.63) is 71.4 Å². The highest BCUT2D eigenvalue weighted by Gasteiger charge is 2.10. The van der Waals surface area contributed by atoms with Crippen molar-refractivity contribution in [1.29, 1.82) is 0 Å². The van der Waals surface area contributed by atoms with Gasteiger partial charge in [0.1, 0.15) is 5.69 Å². The fourth-order valence-corrected chi connectivity index (χ4v) is 2.29. The van der Waals surface area contributed by atoms with Gasteiger partial charge in [-0.05, 0) is 37.6 Å². The molecule has 0 aliphatic heterocycles. The summed E-state index contributed by atoms with van der Waals surface area (Å²) in [5, 5.41) is 11.0. The van der Waals surface area contributed by atoms with E-state index < -0.39 is 0 Å². The molecule has 0 bridgehead atoms. The Bertz CT molecular complexity index is 908. The summed E-state index contributed by atoms with van der Waals surface area (Å²) >= 11 is 0.